The fraction of sp³-hybridized carbons (Fsp3) is 0.211. The van der Waals surface area contributed by atoms with Gasteiger partial charge in [-0.05, 0) is 31.6 Å². The Labute approximate surface area is 130 Å². The van der Waals surface area contributed by atoms with Crippen LogP contribution < -0.4 is 5.32 Å². The number of nitriles is 1. The van der Waals surface area contributed by atoms with Crippen LogP contribution in [0.2, 0.25) is 0 Å². The van der Waals surface area contributed by atoms with Crippen LogP contribution in [-0.2, 0) is 0 Å². The molecule has 0 aliphatic rings. The monoisotopic (exact) mass is 289 g/mol. The van der Waals surface area contributed by atoms with Crippen LogP contribution in [0, 0.1) is 11.3 Å². The average Bonchev–Trinajstić information content (AvgIpc) is 2.95. The minimum absolute atomic E-state index is 0.223. The van der Waals surface area contributed by atoms with Crippen LogP contribution in [0.25, 0.3) is 10.9 Å². The summed E-state index contributed by atoms with van der Waals surface area (Å²) in [6.45, 7) is 0.925. The van der Waals surface area contributed by atoms with Gasteiger partial charge >= 0.3 is 0 Å². The van der Waals surface area contributed by atoms with Crippen molar-refractivity contribution in [2.75, 3.05) is 13.6 Å². The predicted molar refractivity (Wildman–Crippen MR) is 89.8 cm³/mol. The lowest BCUT2D eigenvalue weighted by Gasteiger charge is -2.20. The molecule has 1 atom stereocenters. The molecule has 3 nitrogen and oxygen atoms in total. The van der Waals surface area contributed by atoms with E-state index in [0.29, 0.717) is 0 Å². The third-order valence-corrected chi connectivity index (χ3v) is 4.05. The second-order valence-corrected chi connectivity index (χ2v) is 5.40. The molecule has 22 heavy (non-hydrogen) atoms. The van der Waals surface area contributed by atoms with E-state index in [-0.39, 0.29) is 6.04 Å². The fourth-order valence-corrected chi connectivity index (χ4v) is 2.97. The summed E-state index contributed by atoms with van der Waals surface area (Å²) < 4.78 is 2.24. The van der Waals surface area contributed by atoms with Gasteiger partial charge in [-0.3, -0.25) is 0 Å². The molecule has 110 valence electrons. The molecule has 0 radical (unpaired) electrons. The molecular formula is C19H19N3. The molecule has 0 aliphatic heterocycles. The molecule has 1 heterocycles. The number of aromatic nitrogens is 1. The van der Waals surface area contributed by atoms with Crippen molar-refractivity contribution in [1.29, 1.82) is 5.26 Å². The number of para-hydroxylation sites is 1. The second-order valence-electron chi connectivity index (χ2n) is 5.40. The summed E-state index contributed by atoms with van der Waals surface area (Å²) in [6, 6.07) is 21.1. The number of nitrogens with one attached hydrogen (secondary N) is 1. The first-order valence-electron chi connectivity index (χ1n) is 7.54. The predicted octanol–water partition coefficient (Wildman–Crippen LogP) is 3.71. The zero-order valence-electron chi connectivity index (χ0n) is 12.7. The number of nitrogens with zero attached hydrogens (tertiary/aromatic N) is 2. The molecule has 2 aromatic carbocycles. The van der Waals surface area contributed by atoms with Gasteiger partial charge in [0.15, 0.2) is 0 Å². The van der Waals surface area contributed by atoms with Crippen molar-refractivity contribution in [2.24, 2.45) is 0 Å². The Hall–Kier alpha value is -2.57. The summed E-state index contributed by atoms with van der Waals surface area (Å²) in [6.07, 6.45) is 2.96. The molecule has 1 aromatic heterocycles. The topological polar surface area (TPSA) is 40.8 Å². The first-order chi connectivity index (χ1) is 10.8. The highest BCUT2D eigenvalue weighted by atomic mass is 15.0. The molecule has 3 aromatic rings. The maximum Gasteiger partial charge on any atom is 0.101 e. The maximum absolute atomic E-state index is 9.40. The van der Waals surface area contributed by atoms with Crippen molar-refractivity contribution in [3.8, 4) is 6.07 Å². The number of fused-ring (bicyclic) bond motifs is 1. The third kappa shape index (κ3) is 2.61. The van der Waals surface area contributed by atoms with Crippen molar-refractivity contribution in [1.82, 2.24) is 9.88 Å². The summed E-state index contributed by atoms with van der Waals surface area (Å²) in [5.74, 6) is 0. The Bertz CT molecular complexity index is 796. The largest absolute Gasteiger partial charge is 0.339 e. The van der Waals surface area contributed by atoms with Gasteiger partial charge in [0.2, 0.25) is 0 Å². The number of hydrogen-bond donors (Lipinski definition) is 1. The molecule has 3 heteroatoms. The van der Waals surface area contributed by atoms with Gasteiger partial charge < -0.3 is 9.88 Å². The molecule has 0 bridgehead atoms. The summed E-state index contributed by atoms with van der Waals surface area (Å²) in [5.41, 5.74) is 3.12. The summed E-state index contributed by atoms with van der Waals surface area (Å²) >= 11 is 0. The molecule has 0 saturated carbocycles. The van der Waals surface area contributed by atoms with Crippen LogP contribution in [0.15, 0.2) is 60.8 Å². The third-order valence-electron chi connectivity index (χ3n) is 4.05. The Balaban J connectivity index is 2.14. The number of benzene rings is 2. The molecule has 0 fully saturated rings. The van der Waals surface area contributed by atoms with Crippen molar-refractivity contribution < 1.29 is 0 Å². The van der Waals surface area contributed by atoms with Crippen LogP contribution in [0.1, 0.15) is 23.6 Å². The molecule has 0 spiro atoms. The first kappa shape index (κ1) is 14.4. The Morgan fingerprint density at radius 2 is 1.82 bits per heavy atom. The maximum atomic E-state index is 9.40. The van der Waals surface area contributed by atoms with Gasteiger partial charge in [0.1, 0.15) is 6.07 Å². The van der Waals surface area contributed by atoms with Gasteiger partial charge in [-0.1, -0.05) is 48.5 Å². The normalized spacial score (nSPS) is 12.2. The van der Waals surface area contributed by atoms with Gasteiger partial charge in [0, 0.05) is 17.1 Å². The van der Waals surface area contributed by atoms with Crippen LogP contribution in [0.5, 0.6) is 0 Å². The van der Waals surface area contributed by atoms with E-state index in [1.54, 1.807) is 0 Å². The Morgan fingerprint density at radius 3 is 2.55 bits per heavy atom. The number of rotatable bonds is 5. The standard InChI is InChI=1S/C19H19N3/c1-21-12-11-18(15-7-3-2-4-8-15)22-14-16(13-20)17-9-5-6-10-19(17)22/h2-10,14,18,21H,11-12H2,1H3. The van der Waals surface area contributed by atoms with E-state index in [0.717, 1.165) is 29.4 Å². The van der Waals surface area contributed by atoms with Gasteiger partial charge in [0.25, 0.3) is 0 Å². The summed E-state index contributed by atoms with van der Waals surface area (Å²) in [4.78, 5) is 0. The zero-order chi connectivity index (χ0) is 15.4. The minimum Gasteiger partial charge on any atom is -0.339 e. The first-order valence-corrected chi connectivity index (χ1v) is 7.54. The highest BCUT2D eigenvalue weighted by molar-refractivity contribution is 5.86. The van der Waals surface area contributed by atoms with E-state index in [1.165, 1.54) is 5.56 Å². The lowest BCUT2D eigenvalue weighted by atomic mass is 10.0. The zero-order valence-corrected chi connectivity index (χ0v) is 12.7. The van der Waals surface area contributed by atoms with E-state index in [4.69, 9.17) is 0 Å². The van der Waals surface area contributed by atoms with Crippen molar-refractivity contribution >= 4 is 10.9 Å². The van der Waals surface area contributed by atoms with Crippen LogP contribution in [0.3, 0.4) is 0 Å². The second kappa shape index (κ2) is 6.46. The van der Waals surface area contributed by atoms with Gasteiger partial charge in [0.05, 0.1) is 11.6 Å². The molecule has 0 saturated heterocycles. The van der Waals surface area contributed by atoms with Crippen LogP contribution >= 0.6 is 0 Å². The Kier molecular flexibility index (Phi) is 4.22. The smallest absolute Gasteiger partial charge is 0.101 e. The van der Waals surface area contributed by atoms with Crippen molar-refractivity contribution in [3.05, 3.63) is 71.9 Å². The highest BCUT2D eigenvalue weighted by Crippen LogP contribution is 2.29. The number of hydrogen-bond acceptors (Lipinski definition) is 2. The quantitative estimate of drug-likeness (QED) is 0.778. The van der Waals surface area contributed by atoms with Crippen molar-refractivity contribution in [2.45, 2.75) is 12.5 Å². The minimum atomic E-state index is 0.223. The lowest BCUT2D eigenvalue weighted by Crippen LogP contribution is -2.17. The lowest BCUT2D eigenvalue weighted by molar-refractivity contribution is 0.539. The van der Waals surface area contributed by atoms with Gasteiger partial charge in [-0.25, -0.2) is 0 Å². The van der Waals surface area contributed by atoms with E-state index < -0.39 is 0 Å². The highest BCUT2D eigenvalue weighted by Gasteiger charge is 2.17. The molecule has 1 N–H and O–H groups in total. The molecule has 3 rings (SSSR count). The summed E-state index contributed by atoms with van der Waals surface area (Å²) in [5, 5.41) is 13.7. The molecule has 0 aliphatic carbocycles. The molecule has 0 amide bonds. The van der Waals surface area contributed by atoms with E-state index in [9.17, 15) is 5.26 Å². The molecular weight excluding hydrogens is 270 g/mol. The van der Waals surface area contributed by atoms with E-state index in [2.05, 4.69) is 46.3 Å². The van der Waals surface area contributed by atoms with Gasteiger partial charge in [-0.2, -0.15) is 5.26 Å². The van der Waals surface area contributed by atoms with Crippen molar-refractivity contribution in [3.63, 3.8) is 0 Å². The van der Waals surface area contributed by atoms with Crippen LogP contribution in [0.4, 0.5) is 0 Å². The summed E-state index contributed by atoms with van der Waals surface area (Å²) in [7, 11) is 1.97. The average molecular weight is 289 g/mol. The molecule has 1 unspecified atom stereocenters. The van der Waals surface area contributed by atoms with E-state index in [1.807, 2.05) is 37.5 Å². The SMILES string of the molecule is CNCCC(c1ccccc1)n1cc(C#N)c2ccccc21. The fourth-order valence-electron chi connectivity index (χ4n) is 2.97. The Morgan fingerprint density at radius 1 is 1.09 bits per heavy atom. The van der Waals surface area contributed by atoms with Crippen LogP contribution in [-0.4, -0.2) is 18.2 Å². The van der Waals surface area contributed by atoms with E-state index >= 15 is 0 Å². The van der Waals surface area contributed by atoms with Gasteiger partial charge in [-0.15, -0.1) is 0 Å².